The van der Waals surface area contributed by atoms with Gasteiger partial charge in [-0.25, -0.2) is 13.1 Å². The van der Waals surface area contributed by atoms with E-state index >= 15 is 0 Å². The Balaban J connectivity index is 2.04. The molecule has 0 saturated carbocycles. The summed E-state index contributed by atoms with van der Waals surface area (Å²) in [5.74, 6) is -0.0841. The van der Waals surface area contributed by atoms with Crippen LogP contribution in [0.5, 0.6) is 0 Å². The number of rotatable bonds is 7. The first-order chi connectivity index (χ1) is 12.2. The number of aryl methyl sites for hydroxylation is 3. The molecule has 0 aliphatic carbocycles. The van der Waals surface area contributed by atoms with E-state index in [1.807, 2.05) is 44.2 Å². The van der Waals surface area contributed by atoms with Gasteiger partial charge in [-0.05, 0) is 49.1 Å². The van der Waals surface area contributed by atoms with Crippen molar-refractivity contribution in [2.24, 2.45) is 0 Å². The molecule has 0 fully saturated rings. The summed E-state index contributed by atoms with van der Waals surface area (Å²) in [4.78, 5) is 13.9. The molecule has 140 valence electrons. The molecule has 0 aliphatic heterocycles. The molecule has 2 aromatic carbocycles. The molecule has 0 atom stereocenters. The van der Waals surface area contributed by atoms with Crippen LogP contribution in [0.1, 0.15) is 29.2 Å². The molecule has 2 aromatic rings. The minimum Gasteiger partial charge on any atom is -0.337 e. The van der Waals surface area contributed by atoms with Gasteiger partial charge in [0.2, 0.25) is 15.9 Å². The predicted octanol–water partition coefficient (Wildman–Crippen LogP) is 2.94. The molecule has 26 heavy (non-hydrogen) atoms. The van der Waals surface area contributed by atoms with E-state index in [0.29, 0.717) is 18.7 Å². The van der Waals surface area contributed by atoms with Gasteiger partial charge in [-0.1, -0.05) is 36.4 Å². The van der Waals surface area contributed by atoms with Crippen molar-refractivity contribution in [3.05, 3.63) is 64.7 Å². The van der Waals surface area contributed by atoms with Gasteiger partial charge in [0.15, 0.2) is 0 Å². The third-order valence-corrected chi connectivity index (χ3v) is 5.98. The van der Waals surface area contributed by atoms with Crippen LogP contribution in [0, 0.1) is 20.8 Å². The van der Waals surface area contributed by atoms with E-state index in [1.165, 1.54) is 6.92 Å². The van der Waals surface area contributed by atoms with Crippen LogP contribution in [0.15, 0.2) is 47.4 Å². The zero-order chi connectivity index (χ0) is 19.3. The number of amides is 1. The van der Waals surface area contributed by atoms with Crippen LogP contribution >= 0.6 is 0 Å². The summed E-state index contributed by atoms with van der Waals surface area (Å²) in [6.45, 7) is 8.07. The molecule has 0 heterocycles. The fraction of sp³-hybridized carbons (Fsp3) is 0.350. The summed E-state index contributed by atoms with van der Waals surface area (Å²) in [6.07, 6.45) is 0. The van der Waals surface area contributed by atoms with Crippen molar-refractivity contribution in [1.82, 2.24) is 9.62 Å². The molecule has 6 heteroatoms. The van der Waals surface area contributed by atoms with Gasteiger partial charge < -0.3 is 4.90 Å². The second-order valence-corrected chi connectivity index (χ2v) is 8.27. The van der Waals surface area contributed by atoms with Crippen LogP contribution in [0.3, 0.4) is 0 Å². The maximum atomic E-state index is 12.6. The molecule has 5 nitrogen and oxygen atoms in total. The Hall–Kier alpha value is -2.18. The smallest absolute Gasteiger partial charge is 0.240 e. The first-order valence-electron chi connectivity index (χ1n) is 8.57. The van der Waals surface area contributed by atoms with Crippen molar-refractivity contribution < 1.29 is 13.2 Å². The molecule has 0 unspecified atom stereocenters. The van der Waals surface area contributed by atoms with Crippen molar-refractivity contribution in [2.75, 3.05) is 13.1 Å². The van der Waals surface area contributed by atoms with Gasteiger partial charge in [0.05, 0.1) is 4.90 Å². The number of sulfonamides is 1. The highest BCUT2D eigenvalue weighted by molar-refractivity contribution is 7.89. The first-order valence-corrected chi connectivity index (χ1v) is 10.1. The van der Waals surface area contributed by atoms with Gasteiger partial charge in [-0.15, -0.1) is 0 Å². The Morgan fingerprint density at radius 1 is 1.04 bits per heavy atom. The molecule has 0 radical (unpaired) electrons. The summed E-state index contributed by atoms with van der Waals surface area (Å²) >= 11 is 0. The number of hydrogen-bond acceptors (Lipinski definition) is 3. The molecule has 1 amide bonds. The summed E-state index contributed by atoms with van der Waals surface area (Å²) in [5, 5.41) is 0. The molecular weight excluding hydrogens is 348 g/mol. The predicted molar refractivity (Wildman–Crippen MR) is 103 cm³/mol. The van der Waals surface area contributed by atoms with Gasteiger partial charge in [0.25, 0.3) is 0 Å². The van der Waals surface area contributed by atoms with Crippen LogP contribution < -0.4 is 4.72 Å². The highest BCUT2D eigenvalue weighted by atomic mass is 32.2. The summed E-state index contributed by atoms with van der Waals surface area (Å²) in [5.41, 5.74) is 3.75. The van der Waals surface area contributed by atoms with Crippen molar-refractivity contribution in [3.8, 4) is 0 Å². The molecule has 0 bridgehead atoms. The minimum atomic E-state index is -3.60. The van der Waals surface area contributed by atoms with Gasteiger partial charge >= 0.3 is 0 Å². The molecule has 1 N–H and O–H groups in total. The highest BCUT2D eigenvalue weighted by Gasteiger charge is 2.18. The minimum absolute atomic E-state index is 0.0841. The molecular formula is C20H26N2O3S. The number of nitrogens with zero attached hydrogens (tertiary/aromatic N) is 1. The molecule has 0 aromatic heterocycles. The lowest BCUT2D eigenvalue weighted by atomic mass is 10.1. The number of carbonyl (C=O) groups is 1. The summed E-state index contributed by atoms with van der Waals surface area (Å²) in [7, 11) is -3.60. The van der Waals surface area contributed by atoms with Gasteiger partial charge in [0, 0.05) is 26.6 Å². The van der Waals surface area contributed by atoms with E-state index in [1.54, 1.807) is 24.0 Å². The Morgan fingerprint density at radius 2 is 1.73 bits per heavy atom. The zero-order valence-electron chi connectivity index (χ0n) is 15.7. The van der Waals surface area contributed by atoms with Crippen LogP contribution in [-0.2, 0) is 21.4 Å². The fourth-order valence-electron chi connectivity index (χ4n) is 2.73. The lowest BCUT2D eigenvalue weighted by molar-refractivity contribution is -0.129. The van der Waals surface area contributed by atoms with E-state index < -0.39 is 10.0 Å². The van der Waals surface area contributed by atoms with Gasteiger partial charge in [-0.3, -0.25) is 4.79 Å². The van der Waals surface area contributed by atoms with Gasteiger partial charge in [-0.2, -0.15) is 0 Å². The molecule has 0 aliphatic rings. The largest absolute Gasteiger partial charge is 0.337 e. The number of hydrogen-bond donors (Lipinski definition) is 1. The van der Waals surface area contributed by atoms with E-state index in [4.69, 9.17) is 0 Å². The SMILES string of the molecule is CC(=O)N(CCNS(=O)(=O)c1cc(C)ccc1C)Cc1ccccc1C. The normalized spacial score (nSPS) is 11.4. The zero-order valence-corrected chi connectivity index (χ0v) is 16.6. The maximum absolute atomic E-state index is 12.6. The third-order valence-electron chi connectivity index (χ3n) is 4.37. The molecule has 2 rings (SSSR count). The average Bonchev–Trinajstić information content (AvgIpc) is 2.57. The van der Waals surface area contributed by atoms with Crippen molar-refractivity contribution in [3.63, 3.8) is 0 Å². The van der Waals surface area contributed by atoms with Crippen molar-refractivity contribution >= 4 is 15.9 Å². The second kappa shape index (κ2) is 8.47. The quantitative estimate of drug-likeness (QED) is 0.810. The van der Waals surface area contributed by atoms with E-state index in [2.05, 4.69) is 4.72 Å². The Morgan fingerprint density at radius 3 is 2.38 bits per heavy atom. The highest BCUT2D eigenvalue weighted by Crippen LogP contribution is 2.16. The van der Waals surface area contributed by atoms with Crippen LogP contribution in [0.25, 0.3) is 0 Å². The average molecular weight is 375 g/mol. The van der Waals surface area contributed by atoms with E-state index in [-0.39, 0.29) is 17.3 Å². The monoisotopic (exact) mass is 374 g/mol. The van der Waals surface area contributed by atoms with E-state index in [0.717, 1.165) is 16.7 Å². The van der Waals surface area contributed by atoms with Crippen LogP contribution in [0.4, 0.5) is 0 Å². The Bertz CT molecular complexity index is 892. The number of benzene rings is 2. The Labute approximate surface area is 156 Å². The fourth-order valence-corrected chi connectivity index (χ4v) is 4.08. The third kappa shape index (κ3) is 5.16. The molecule has 0 saturated heterocycles. The number of carbonyl (C=O) groups excluding carboxylic acids is 1. The standard InChI is InChI=1S/C20H26N2O3S/c1-15-9-10-17(3)20(13-15)26(24,25)21-11-12-22(18(4)23)14-19-8-6-5-7-16(19)2/h5-10,13,21H,11-12,14H2,1-4H3. The maximum Gasteiger partial charge on any atom is 0.240 e. The molecule has 0 spiro atoms. The summed E-state index contributed by atoms with van der Waals surface area (Å²) < 4.78 is 27.7. The van der Waals surface area contributed by atoms with Gasteiger partial charge in [0.1, 0.15) is 0 Å². The van der Waals surface area contributed by atoms with Crippen LogP contribution in [0.2, 0.25) is 0 Å². The van der Waals surface area contributed by atoms with Crippen molar-refractivity contribution in [2.45, 2.75) is 39.1 Å². The summed E-state index contributed by atoms with van der Waals surface area (Å²) in [6, 6.07) is 13.2. The first kappa shape index (κ1) is 20.1. The van der Waals surface area contributed by atoms with E-state index in [9.17, 15) is 13.2 Å². The topological polar surface area (TPSA) is 66.5 Å². The number of nitrogens with one attached hydrogen (secondary N) is 1. The van der Waals surface area contributed by atoms with Crippen LogP contribution in [-0.4, -0.2) is 32.3 Å². The lowest BCUT2D eigenvalue weighted by Gasteiger charge is -2.22. The van der Waals surface area contributed by atoms with Crippen molar-refractivity contribution in [1.29, 1.82) is 0 Å². The Kier molecular flexibility index (Phi) is 6.56. The lowest BCUT2D eigenvalue weighted by Crippen LogP contribution is -2.37. The second-order valence-electron chi connectivity index (χ2n) is 6.53.